The first-order valence-corrected chi connectivity index (χ1v) is 51.3. The maximum atomic E-state index is 15.1. The van der Waals surface area contributed by atoms with E-state index in [2.05, 4.69) is 75.3 Å². The molecule has 0 fully saturated rings. The molecular weight excluding hydrogens is 1630 g/mol. The van der Waals surface area contributed by atoms with Crippen LogP contribution in [0.2, 0.25) is 0 Å². The normalized spacial score (nSPS) is 14.7. The van der Waals surface area contributed by atoms with E-state index in [0.717, 1.165) is 93.8 Å². The van der Waals surface area contributed by atoms with Crippen molar-refractivity contribution in [2.45, 2.75) is 158 Å². The third-order valence-electron chi connectivity index (χ3n) is 21.6. The van der Waals surface area contributed by atoms with Crippen molar-refractivity contribution in [3.8, 4) is 0 Å². The molecule has 12 nitrogen and oxygen atoms in total. The predicted octanol–water partition coefficient (Wildman–Crippen LogP) is -0.869. The Balaban J connectivity index is 0.00000486. The van der Waals surface area contributed by atoms with Crippen molar-refractivity contribution < 1.29 is 113 Å². The van der Waals surface area contributed by atoms with Crippen LogP contribution in [0.3, 0.4) is 0 Å². The molecule has 4 aromatic heterocycles. The number of sulfone groups is 4. The maximum Gasteiger partial charge on any atom is 3.00 e. The number of rotatable bonds is 28. The van der Waals surface area contributed by atoms with E-state index in [1.54, 1.807) is 0 Å². The van der Waals surface area contributed by atoms with Gasteiger partial charge in [0.1, 0.15) is 0 Å². The van der Waals surface area contributed by atoms with E-state index in [-0.39, 0.29) is 102 Å². The molecule has 8 aromatic rings. The molecule has 0 spiro atoms. The summed E-state index contributed by atoms with van der Waals surface area (Å²) in [6, 6.07) is 24.3. The largest absolute Gasteiger partial charge is 3.00 e. The Morgan fingerprint density at radius 3 is 0.594 bits per heavy atom. The average molecular weight is 1740 g/mol. The molecular formula is C80H112Cl5MnN4O8P4S4+2. The Labute approximate surface area is 680 Å². The molecule has 4 aromatic carbocycles. The van der Waals surface area contributed by atoms with E-state index in [0.29, 0.717) is 155 Å². The Morgan fingerprint density at radius 2 is 0.434 bits per heavy atom. The van der Waals surface area contributed by atoms with Crippen LogP contribution in [0, 0.1) is 83.1 Å². The van der Waals surface area contributed by atoms with Gasteiger partial charge < -0.3 is 82.0 Å². The molecule has 9 rings (SSSR count). The minimum atomic E-state index is -3.80. The Morgan fingerprint density at radius 1 is 0.264 bits per heavy atom. The SMILES string of the molecule is CC[PH+](CC)CCS(=O)(=O)c1c(C)cc(C)c(/C2=c3\cc/c([nH]3)=C(\c3c(C)cc(C)c(S(=O)(=O)CC[PH+](CC)CC)c3C)c3ccc([nH]3)/C(c3c(C)cc(C)c(S(=O)(=O)CC[PH+](CC)CC)c3C)=c3/cc/c([nH]3)=C(\c3c(C)cc(C)c(S(=O)(=O)CC[PH+](CC)CC)c3C)c3ccc2[nH]3)c1C.[Cl-].[Cl-].[Cl-].[Cl-].[Cl-].[Mn+3]. The second-order valence-electron chi connectivity index (χ2n) is 28.1. The first-order valence-electron chi connectivity index (χ1n) is 36.2. The molecule has 106 heavy (non-hydrogen) atoms. The van der Waals surface area contributed by atoms with Crippen molar-refractivity contribution in [3.63, 3.8) is 0 Å². The number of aromatic amines is 4. The molecule has 1 aliphatic heterocycles. The Bertz CT molecular complexity index is 4600. The van der Waals surface area contributed by atoms with Gasteiger partial charge in [-0.1, -0.05) is 24.3 Å². The molecule has 0 amide bonds. The average Bonchev–Trinajstić information content (AvgIpc) is 1.32. The van der Waals surface area contributed by atoms with E-state index in [9.17, 15) is 0 Å². The zero-order chi connectivity index (χ0) is 73.4. The molecule has 0 atom stereocenters. The molecule has 1 aliphatic rings. The van der Waals surface area contributed by atoms with Crippen molar-refractivity contribution in [3.05, 3.63) is 206 Å². The van der Waals surface area contributed by atoms with Gasteiger partial charge in [-0.2, -0.15) is 0 Å². The van der Waals surface area contributed by atoms with Gasteiger partial charge in [-0.25, -0.2) is 33.7 Å². The monoisotopic (exact) mass is 1740 g/mol. The first-order chi connectivity index (χ1) is 47.2. The predicted molar refractivity (Wildman–Crippen MR) is 436 cm³/mol. The molecule has 0 saturated heterocycles. The number of hydrogen-bond acceptors (Lipinski definition) is 8. The van der Waals surface area contributed by atoms with Gasteiger partial charge in [-0.05, 0) is 276 Å². The molecule has 4 N–H and O–H groups in total. The van der Waals surface area contributed by atoms with E-state index in [1.165, 1.54) is 0 Å². The van der Waals surface area contributed by atoms with Gasteiger partial charge in [-0.15, -0.1) is 0 Å². The van der Waals surface area contributed by atoms with Crippen molar-refractivity contribution in [2.75, 3.05) is 97.0 Å². The smallest absolute Gasteiger partial charge is 1.00 e. The van der Waals surface area contributed by atoms with Gasteiger partial charge in [0, 0.05) is 98.2 Å². The number of halogens is 5. The fraction of sp³-hybridized carbons (Fsp3) is 0.450. The summed E-state index contributed by atoms with van der Waals surface area (Å²) in [6.07, 6.45) is 10.4. The Kier molecular flexibility index (Phi) is 36.8. The standard InChI is InChI=1S/C80H108N4O8P4S4.5ClH.Mn/c1-21-93(22-2)37-41-97(85,86)77-53(13)45-49(9)69(57(77)17)73-61-29-31-63(81-61)74(70-50(10)46-54(14)78(58(70)18)98(87,88)42-38-94(23-3)24-4)65-33-35-67(83-65)76(72-52(12)48-56(16)80(60(72)20)100(91,92)44-40-96(27-7)28-8)68-36-34-66(84-68)75(64-32-30-62(73)82-64)71-51(11)47-55(15)79(59(71)19)99(89,90)43-39-95(25-5)26-6;;;;;;/h29-36,45-48,81-84H,21-28,37-44H2,1-20H3;5*1H;/q;;;;;;+3/p-1/b73-61+,73-62?,74-63+,74-65?,75-64?,75-66+,76-67?,76-68+;;;;;;. The number of fused-ring (bicyclic) bond motifs is 8. The minimum Gasteiger partial charge on any atom is -1.00 e. The van der Waals surface area contributed by atoms with Crippen LogP contribution in [0.25, 0.3) is 22.3 Å². The van der Waals surface area contributed by atoms with Gasteiger partial charge in [0.05, 0.1) is 117 Å². The molecule has 26 heteroatoms. The van der Waals surface area contributed by atoms with Crippen LogP contribution in [0.1, 0.15) is 167 Å². The summed E-state index contributed by atoms with van der Waals surface area (Å²) in [6.45, 7) is 40.7. The minimum absolute atomic E-state index is 0. The summed E-state index contributed by atoms with van der Waals surface area (Å²) in [7, 11) is -18.8. The Hall–Kier alpha value is -3.03. The van der Waals surface area contributed by atoms with Crippen LogP contribution in [0.5, 0.6) is 0 Å². The van der Waals surface area contributed by atoms with Gasteiger partial charge in [-0.3, -0.25) is 0 Å². The molecule has 0 saturated carbocycles. The van der Waals surface area contributed by atoms with E-state index in [1.807, 2.05) is 156 Å². The fourth-order valence-corrected chi connectivity index (χ4v) is 35.5. The molecule has 8 bridgehead atoms. The number of aromatic nitrogens is 4. The van der Waals surface area contributed by atoms with E-state index in [4.69, 9.17) is 0 Å². The summed E-state index contributed by atoms with van der Waals surface area (Å²) in [5.41, 5.74) is 17.2. The summed E-state index contributed by atoms with van der Waals surface area (Å²) in [5, 5.41) is 2.68. The third-order valence-corrected chi connectivity index (χ3v) is 42.9. The summed E-state index contributed by atoms with van der Waals surface area (Å²) in [4.78, 5) is 17.1. The zero-order valence-corrected chi connectivity index (χ0v) is 77.6. The summed E-state index contributed by atoms with van der Waals surface area (Å²) < 4.78 is 121. The second kappa shape index (κ2) is 40.1. The number of aryl methyl sites for hydroxylation is 8. The second-order valence-corrected chi connectivity index (χ2v) is 49.9. The van der Waals surface area contributed by atoms with Gasteiger partial charge in [0.15, 0.2) is 39.3 Å². The summed E-state index contributed by atoms with van der Waals surface area (Å²) in [5.74, 6) is 0.202. The van der Waals surface area contributed by atoms with E-state index < -0.39 is 71.0 Å². The molecule has 0 radical (unpaired) electrons. The number of benzene rings is 4. The number of nitrogens with one attached hydrogen (secondary N) is 4. The zero-order valence-electron chi connectivity index (χ0n) is 65.4. The van der Waals surface area contributed by atoms with Gasteiger partial charge in [0.25, 0.3) is 0 Å². The van der Waals surface area contributed by atoms with Crippen LogP contribution in [-0.4, -0.2) is 151 Å². The third kappa shape index (κ3) is 19.9. The summed E-state index contributed by atoms with van der Waals surface area (Å²) >= 11 is 0. The van der Waals surface area contributed by atoms with Crippen LogP contribution in [0.4, 0.5) is 0 Å². The van der Waals surface area contributed by atoms with Crippen molar-refractivity contribution in [1.29, 1.82) is 0 Å². The van der Waals surface area contributed by atoms with E-state index >= 15 is 33.7 Å². The first kappa shape index (κ1) is 97.2. The van der Waals surface area contributed by atoms with Crippen molar-refractivity contribution >= 4 is 93.3 Å². The van der Waals surface area contributed by atoms with Gasteiger partial charge >= 0.3 is 17.1 Å². The van der Waals surface area contributed by atoms with Crippen LogP contribution in [-0.2, 0) is 56.4 Å². The van der Waals surface area contributed by atoms with Crippen molar-refractivity contribution in [2.24, 2.45) is 0 Å². The molecule has 0 unspecified atom stereocenters. The maximum absolute atomic E-state index is 15.1. The van der Waals surface area contributed by atoms with Crippen LogP contribution in [0.15, 0.2) is 92.4 Å². The fourth-order valence-electron chi connectivity index (χ4n) is 16.5. The quantitative estimate of drug-likeness (QED) is 0.0359. The van der Waals surface area contributed by atoms with Crippen LogP contribution >= 0.6 is 31.7 Å². The molecule has 0 aliphatic carbocycles. The molecule has 5 heterocycles. The topological polar surface area (TPSA) is 200 Å². The molecule has 584 valence electrons. The van der Waals surface area contributed by atoms with Crippen LogP contribution < -0.4 is 83.4 Å². The van der Waals surface area contributed by atoms with Crippen molar-refractivity contribution in [1.82, 2.24) is 19.9 Å². The van der Waals surface area contributed by atoms with Gasteiger partial charge in [0.2, 0.25) is 0 Å². The number of hydrogen-bond donors (Lipinski definition) is 4. The number of H-pyrrole nitrogens is 4.